The lowest BCUT2D eigenvalue weighted by atomic mass is 9.94. The van der Waals surface area contributed by atoms with Crippen LogP contribution in [0.4, 0.5) is 0 Å². The maximum Gasteiger partial charge on any atom is 0.254 e. The fourth-order valence-electron chi connectivity index (χ4n) is 5.50. The first-order chi connectivity index (χ1) is 14.7. The first-order valence-electron chi connectivity index (χ1n) is 11.0. The van der Waals surface area contributed by atoms with E-state index in [-0.39, 0.29) is 17.4 Å². The van der Waals surface area contributed by atoms with Gasteiger partial charge in [-0.15, -0.1) is 5.10 Å². The fourth-order valence-corrected chi connectivity index (χ4v) is 5.50. The number of carbonyl (C=O) groups excluding carboxylic acids is 1. The average Bonchev–Trinajstić information content (AvgIpc) is 3.09. The average molecular weight is 399 g/mol. The van der Waals surface area contributed by atoms with Crippen LogP contribution in [0.25, 0.3) is 0 Å². The van der Waals surface area contributed by atoms with Gasteiger partial charge in [-0.05, 0) is 79.5 Å². The predicted octanol–water partition coefficient (Wildman–Crippen LogP) is 3.37. The van der Waals surface area contributed by atoms with E-state index in [0.29, 0.717) is 6.54 Å². The summed E-state index contributed by atoms with van der Waals surface area (Å²) in [7, 11) is 0. The fraction of sp³-hybridized carbons (Fsp3) is 0.417. The Morgan fingerprint density at radius 2 is 1.93 bits per heavy atom. The third-order valence-corrected chi connectivity index (χ3v) is 7.19. The lowest BCUT2D eigenvalue weighted by Crippen LogP contribution is -2.39. The van der Waals surface area contributed by atoms with Crippen molar-refractivity contribution in [1.82, 2.24) is 24.9 Å². The first-order valence-corrected chi connectivity index (χ1v) is 11.0. The Morgan fingerprint density at radius 3 is 2.77 bits per heavy atom. The molecule has 152 valence electrons. The molecule has 30 heavy (non-hydrogen) atoms. The normalized spacial score (nSPS) is 21.2. The van der Waals surface area contributed by atoms with E-state index >= 15 is 0 Å². The number of likely N-dealkylation sites (tertiary alicyclic amines) is 1. The van der Waals surface area contributed by atoms with E-state index in [4.69, 9.17) is 0 Å². The molecule has 3 heterocycles. The van der Waals surface area contributed by atoms with Gasteiger partial charge in [0.1, 0.15) is 0 Å². The lowest BCUT2D eigenvalue weighted by Gasteiger charge is -2.27. The Hall–Kier alpha value is -3.02. The van der Waals surface area contributed by atoms with Crippen molar-refractivity contribution < 1.29 is 4.79 Å². The highest BCUT2D eigenvalue weighted by Crippen LogP contribution is 2.57. The van der Waals surface area contributed by atoms with Gasteiger partial charge in [-0.3, -0.25) is 9.78 Å². The summed E-state index contributed by atoms with van der Waals surface area (Å²) in [4.78, 5) is 19.6. The minimum absolute atomic E-state index is 0.0619. The largest absolute Gasteiger partial charge is 0.332 e. The van der Waals surface area contributed by atoms with Crippen molar-refractivity contribution in [3.8, 4) is 0 Å². The van der Waals surface area contributed by atoms with Crippen molar-refractivity contribution in [2.75, 3.05) is 6.54 Å². The van der Waals surface area contributed by atoms with Gasteiger partial charge in [0.15, 0.2) is 0 Å². The van der Waals surface area contributed by atoms with Gasteiger partial charge in [-0.2, -0.15) is 0 Å². The van der Waals surface area contributed by atoms with Gasteiger partial charge in [0.05, 0.1) is 17.8 Å². The Labute approximate surface area is 175 Å². The molecule has 1 saturated carbocycles. The first kappa shape index (κ1) is 17.8. The molecule has 1 atom stereocenters. The predicted molar refractivity (Wildman–Crippen MR) is 112 cm³/mol. The molecule has 1 aliphatic heterocycles. The molecule has 1 unspecified atom stereocenters. The summed E-state index contributed by atoms with van der Waals surface area (Å²) >= 11 is 0. The molecular weight excluding hydrogens is 374 g/mol. The van der Waals surface area contributed by atoms with Crippen LogP contribution in [0.1, 0.15) is 64.3 Å². The SMILES string of the molecule is O=C(c1ccc2c(c1)CCC2)N1CCC(c2cn(Cc3ccncc3)nn2)C12CC2. The Bertz CT molecular complexity index is 1100. The van der Waals surface area contributed by atoms with E-state index in [1.807, 2.05) is 22.9 Å². The number of hydrogen-bond acceptors (Lipinski definition) is 4. The minimum atomic E-state index is -0.0619. The van der Waals surface area contributed by atoms with Crippen LogP contribution in [0.2, 0.25) is 0 Å². The van der Waals surface area contributed by atoms with E-state index in [9.17, 15) is 4.79 Å². The highest BCUT2D eigenvalue weighted by atomic mass is 16.2. The van der Waals surface area contributed by atoms with Crippen molar-refractivity contribution in [3.05, 3.63) is 76.9 Å². The molecule has 0 radical (unpaired) electrons. The molecule has 2 fully saturated rings. The van der Waals surface area contributed by atoms with Crippen LogP contribution in [-0.2, 0) is 19.4 Å². The van der Waals surface area contributed by atoms with Gasteiger partial charge < -0.3 is 4.90 Å². The summed E-state index contributed by atoms with van der Waals surface area (Å²) < 4.78 is 1.89. The molecule has 6 heteroatoms. The minimum Gasteiger partial charge on any atom is -0.332 e. The van der Waals surface area contributed by atoms with E-state index < -0.39 is 0 Å². The molecule has 2 aliphatic carbocycles. The van der Waals surface area contributed by atoms with Crippen molar-refractivity contribution in [2.45, 2.75) is 56.5 Å². The van der Waals surface area contributed by atoms with Gasteiger partial charge in [-0.25, -0.2) is 4.68 Å². The summed E-state index contributed by atoms with van der Waals surface area (Å²) in [6.45, 7) is 1.49. The van der Waals surface area contributed by atoms with E-state index in [1.54, 1.807) is 12.4 Å². The van der Waals surface area contributed by atoms with Gasteiger partial charge >= 0.3 is 0 Å². The molecule has 0 bridgehead atoms. The molecule has 1 amide bonds. The molecule has 3 aromatic rings. The number of aryl methyl sites for hydroxylation is 2. The second-order valence-electron chi connectivity index (χ2n) is 8.94. The number of aromatic nitrogens is 4. The summed E-state index contributed by atoms with van der Waals surface area (Å²) in [5.41, 5.74) is 5.74. The second kappa shape index (κ2) is 6.76. The van der Waals surface area contributed by atoms with Crippen molar-refractivity contribution in [2.24, 2.45) is 0 Å². The standard InChI is InChI=1S/C24H25N5O/c30-23(20-5-4-18-2-1-3-19(18)14-20)29-13-8-21(24(29)9-10-24)22-16-28(27-26-22)15-17-6-11-25-12-7-17/h4-7,11-12,14,16,21H,1-3,8-10,13,15H2. The van der Waals surface area contributed by atoms with E-state index in [0.717, 1.165) is 55.5 Å². The summed E-state index contributed by atoms with van der Waals surface area (Å²) in [5.74, 6) is 0.468. The highest BCUT2D eigenvalue weighted by Gasteiger charge is 2.60. The smallest absolute Gasteiger partial charge is 0.254 e. The van der Waals surface area contributed by atoms with Crippen LogP contribution < -0.4 is 0 Å². The summed E-state index contributed by atoms with van der Waals surface area (Å²) in [5, 5.41) is 8.86. The van der Waals surface area contributed by atoms with Gasteiger partial charge in [-0.1, -0.05) is 11.3 Å². The number of amides is 1. The van der Waals surface area contributed by atoms with Gasteiger partial charge in [0.25, 0.3) is 5.91 Å². The molecule has 6 rings (SSSR count). The van der Waals surface area contributed by atoms with E-state index in [1.165, 1.54) is 17.5 Å². The molecule has 1 spiro atoms. The summed E-state index contributed by atoms with van der Waals surface area (Å²) in [6.07, 6.45) is 12.2. The molecule has 1 saturated heterocycles. The van der Waals surface area contributed by atoms with Crippen LogP contribution in [-0.4, -0.2) is 42.9 Å². The number of carbonyl (C=O) groups is 1. The van der Waals surface area contributed by atoms with Crippen LogP contribution >= 0.6 is 0 Å². The van der Waals surface area contributed by atoms with Crippen LogP contribution in [0.5, 0.6) is 0 Å². The number of rotatable bonds is 4. The molecular formula is C24H25N5O. The zero-order valence-electron chi connectivity index (χ0n) is 17.0. The third kappa shape index (κ3) is 2.85. The van der Waals surface area contributed by atoms with Crippen molar-refractivity contribution >= 4 is 5.91 Å². The Kier molecular flexibility index (Phi) is 4.01. The molecule has 2 aromatic heterocycles. The summed E-state index contributed by atoms with van der Waals surface area (Å²) in [6, 6.07) is 10.3. The number of benzene rings is 1. The van der Waals surface area contributed by atoms with Crippen molar-refractivity contribution in [3.63, 3.8) is 0 Å². The lowest BCUT2D eigenvalue weighted by molar-refractivity contribution is 0.0708. The van der Waals surface area contributed by atoms with Gasteiger partial charge in [0, 0.05) is 36.6 Å². The maximum atomic E-state index is 13.4. The highest BCUT2D eigenvalue weighted by molar-refractivity contribution is 5.95. The molecule has 0 N–H and O–H groups in total. The Balaban J connectivity index is 1.22. The quantitative estimate of drug-likeness (QED) is 0.675. The van der Waals surface area contributed by atoms with Crippen LogP contribution in [0.3, 0.4) is 0 Å². The topological polar surface area (TPSA) is 63.9 Å². The van der Waals surface area contributed by atoms with E-state index in [2.05, 4.69) is 38.5 Å². The van der Waals surface area contributed by atoms with Crippen LogP contribution in [0.15, 0.2) is 48.9 Å². The number of pyridine rings is 1. The number of hydrogen-bond donors (Lipinski definition) is 0. The second-order valence-corrected chi connectivity index (χ2v) is 8.94. The molecule has 1 aromatic carbocycles. The third-order valence-electron chi connectivity index (χ3n) is 7.19. The van der Waals surface area contributed by atoms with Gasteiger partial charge in [0.2, 0.25) is 0 Å². The van der Waals surface area contributed by atoms with Crippen molar-refractivity contribution in [1.29, 1.82) is 0 Å². The zero-order valence-corrected chi connectivity index (χ0v) is 17.0. The molecule has 3 aliphatic rings. The number of fused-ring (bicyclic) bond motifs is 1. The zero-order chi connectivity index (χ0) is 20.1. The Morgan fingerprint density at radius 1 is 1.10 bits per heavy atom. The monoisotopic (exact) mass is 399 g/mol. The maximum absolute atomic E-state index is 13.4. The molecule has 6 nitrogen and oxygen atoms in total. The van der Waals surface area contributed by atoms with Crippen LogP contribution in [0, 0.1) is 0 Å². The number of nitrogens with zero attached hydrogens (tertiary/aromatic N) is 5.